The van der Waals surface area contributed by atoms with Crippen molar-refractivity contribution < 1.29 is 17.6 Å². The molecule has 2 aromatic carbocycles. The molecule has 0 aliphatic heterocycles. The molecule has 0 unspecified atom stereocenters. The highest BCUT2D eigenvalue weighted by molar-refractivity contribution is 7.88. The van der Waals surface area contributed by atoms with Crippen LogP contribution in [-0.2, 0) is 21.2 Å². The second-order valence-corrected chi connectivity index (χ2v) is 7.71. The third-order valence-electron chi connectivity index (χ3n) is 3.89. The number of halogens is 1. The van der Waals surface area contributed by atoms with Crippen molar-refractivity contribution in [3.63, 3.8) is 0 Å². The van der Waals surface area contributed by atoms with Crippen LogP contribution in [0, 0.1) is 5.82 Å². The molecule has 0 bridgehead atoms. The van der Waals surface area contributed by atoms with Gasteiger partial charge in [-0.1, -0.05) is 36.4 Å². The summed E-state index contributed by atoms with van der Waals surface area (Å²) in [6.45, 7) is -0.257. The monoisotopic (exact) mass is 364 g/mol. The van der Waals surface area contributed by atoms with Crippen molar-refractivity contribution in [3.8, 4) is 0 Å². The molecule has 0 fully saturated rings. The zero-order valence-corrected chi connectivity index (χ0v) is 15.0. The first-order chi connectivity index (χ1) is 11.8. The maximum absolute atomic E-state index is 13.7. The van der Waals surface area contributed by atoms with Gasteiger partial charge in [0.05, 0.1) is 12.8 Å². The first kappa shape index (κ1) is 19.1. The maximum Gasteiger partial charge on any atom is 0.242 e. The van der Waals surface area contributed by atoms with Crippen molar-refractivity contribution in [1.29, 1.82) is 0 Å². The molecule has 0 spiro atoms. The Balaban J connectivity index is 2.08. The van der Waals surface area contributed by atoms with Crippen LogP contribution in [0.2, 0.25) is 0 Å². The number of likely N-dealkylation sites (N-methyl/N-ethyl adjacent to an activating group) is 1. The van der Waals surface area contributed by atoms with Crippen LogP contribution < -0.4 is 4.90 Å². The van der Waals surface area contributed by atoms with Crippen LogP contribution in [0.15, 0.2) is 54.6 Å². The van der Waals surface area contributed by atoms with Crippen molar-refractivity contribution in [2.75, 3.05) is 31.3 Å². The van der Waals surface area contributed by atoms with Gasteiger partial charge in [0, 0.05) is 19.3 Å². The number of amides is 1. The highest BCUT2D eigenvalue weighted by atomic mass is 32.2. The first-order valence-electron chi connectivity index (χ1n) is 7.79. The lowest BCUT2D eigenvalue weighted by atomic mass is 10.1. The van der Waals surface area contributed by atoms with Crippen LogP contribution in [0.5, 0.6) is 0 Å². The Morgan fingerprint density at radius 3 is 2.24 bits per heavy atom. The van der Waals surface area contributed by atoms with E-state index in [-0.39, 0.29) is 31.2 Å². The third-order valence-corrected chi connectivity index (χ3v) is 5.14. The molecule has 25 heavy (non-hydrogen) atoms. The quantitative estimate of drug-likeness (QED) is 0.757. The number of rotatable bonds is 7. The molecule has 0 aliphatic carbocycles. The summed E-state index contributed by atoms with van der Waals surface area (Å²) in [7, 11) is -2.00. The van der Waals surface area contributed by atoms with E-state index in [2.05, 4.69) is 0 Å². The number of benzene rings is 2. The smallest absolute Gasteiger partial charge is 0.242 e. The lowest BCUT2D eigenvalue weighted by Gasteiger charge is -2.23. The number of hydrogen-bond acceptors (Lipinski definition) is 3. The van der Waals surface area contributed by atoms with Crippen LogP contribution in [0.3, 0.4) is 0 Å². The molecular formula is C18H21FN2O3S. The van der Waals surface area contributed by atoms with Gasteiger partial charge in [-0.15, -0.1) is 0 Å². The van der Waals surface area contributed by atoms with E-state index in [0.717, 1.165) is 10.6 Å². The summed E-state index contributed by atoms with van der Waals surface area (Å²) in [5, 5.41) is 0. The predicted octanol–water partition coefficient (Wildman–Crippen LogP) is 2.29. The van der Waals surface area contributed by atoms with Crippen LogP contribution in [-0.4, -0.2) is 45.0 Å². The molecule has 2 aromatic rings. The number of para-hydroxylation sites is 1. The van der Waals surface area contributed by atoms with Crippen molar-refractivity contribution in [2.24, 2.45) is 0 Å². The van der Waals surface area contributed by atoms with Crippen LogP contribution in [0.4, 0.5) is 10.1 Å². The molecule has 0 aliphatic rings. The van der Waals surface area contributed by atoms with Gasteiger partial charge in [0.15, 0.2) is 0 Å². The number of carbonyl (C=O) groups excluding carboxylic acids is 1. The maximum atomic E-state index is 13.7. The number of nitrogens with zero attached hydrogens (tertiary/aromatic N) is 2. The van der Waals surface area contributed by atoms with E-state index in [1.165, 1.54) is 11.0 Å². The summed E-state index contributed by atoms with van der Waals surface area (Å²) in [6, 6.07) is 15.2. The van der Waals surface area contributed by atoms with Crippen molar-refractivity contribution in [1.82, 2.24) is 4.31 Å². The van der Waals surface area contributed by atoms with Gasteiger partial charge in [-0.05, 0) is 30.2 Å². The Morgan fingerprint density at radius 2 is 1.64 bits per heavy atom. The van der Waals surface area contributed by atoms with Crippen molar-refractivity contribution in [3.05, 3.63) is 66.0 Å². The van der Waals surface area contributed by atoms with E-state index < -0.39 is 10.0 Å². The second-order valence-electron chi connectivity index (χ2n) is 5.73. The largest absolute Gasteiger partial charge is 0.314 e. The molecule has 2 rings (SSSR count). The number of sulfonamides is 1. The minimum atomic E-state index is -3.60. The van der Waals surface area contributed by atoms with Crippen LogP contribution >= 0.6 is 0 Å². The molecule has 0 N–H and O–H groups in total. The lowest BCUT2D eigenvalue weighted by molar-refractivity contribution is -0.118. The Bertz CT molecular complexity index is 825. The molecule has 0 aromatic heterocycles. The van der Waals surface area contributed by atoms with Gasteiger partial charge in [-0.3, -0.25) is 4.79 Å². The summed E-state index contributed by atoms with van der Waals surface area (Å²) in [6.07, 6.45) is 1.24. The zero-order valence-electron chi connectivity index (χ0n) is 14.2. The van der Waals surface area contributed by atoms with E-state index in [1.807, 2.05) is 6.07 Å². The number of hydrogen-bond donors (Lipinski definition) is 0. The zero-order chi connectivity index (χ0) is 18.4. The Morgan fingerprint density at radius 1 is 1.04 bits per heavy atom. The van der Waals surface area contributed by atoms with Gasteiger partial charge in [0.1, 0.15) is 5.82 Å². The highest BCUT2D eigenvalue weighted by Gasteiger charge is 2.22. The summed E-state index contributed by atoms with van der Waals surface area (Å²) < 4.78 is 38.8. The Labute approximate surface area is 147 Å². The number of anilines is 1. The third kappa shape index (κ3) is 5.37. The summed E-state index contributed by atoms with van der Waals surface area (Å²) in [5.74, 6) is -0.742. The molecule has 0 saturated carbocycles. The SMILES string of the molecule is CN(C(=O)CN(CCc1ccccc1F)S(C)(=O)=O)c1ccccc1. The van der Waals surface area contributed by atoms with Gasteiger partial charge in [0.25, 0.3) is 0 Å². The Kier molecular flexibility index (Phi) is 6.27. The summed E-state index contributed by atoms with van der Waals surface area (Å²) in [4.78, 5) is 13.8. The first-order valence-corrected chi connectivity index (χ1v) is 9.64. The predicted molar refractivity (Wildman–Crippen MR) is 96.4 cm³/mol. The van der Waals surface area contributed by atoms with Crippen LogP contribution in [0.1, 0.15) is 5.56 Å². The molecule has 0 radical (unpaired) electrons. The fraction of sp³-hybridized carbons (Fsp3) is 0.278. The van der Waals surface area contributed by atoms with E-state index in [4.69, 9.17) is 0 Å². The average Bonchev–Trinajstić information content (AvgIpc) is 2.58. The van der Waals surface area contributed by atoms with Gasteiger partial charge in [0.2, 0.25) is 15.9 Å². The normalized spacial score (nSPS) is 11.5. The lowest BCUT2D eigenvalue weighted by Crippen LogP contribution is -2.42. The van der Waals surface area contributed by atoms with E-state index in [1.54, 1.807) is 49.5 Å². The van der Waals surface area contributed by atoms with Gasteiger partial charge >= 0.3 is 0 Å². The highest BCUT2D eigenvalue weighted by Crippen LogP contribution is 2.13. The molecule has 0 heterocycles. The molecule has 5 nitrogen and oxygen atoms in total. The minimum absolute atomic E-state index is 0.0358. The van der Waals surface area contributed by atoms with E-state index >= 15 is 0 Å². The summed E-state index contributed by atoms with van der Waals surface area (Å²) in [5.41, 5.74) is 1.09. The standard InChI is InChI=1S/C18H21FN2O3S/c1-20(16-9-4-3-5-10-16)18(22)14-21(25(2,23)24)13-12-15-8-6-7-11-17(15)19/h3-11H,12-14H2,1-2H3. The van der Waals surface area contributed by atoms with E-state index in [0.29, 0.717) is 11.3 Å². The average molecular weight is 364 g/mol. The van der Waals surface area contributed by atoms with Crippen LogP contribution in [0.25, 0.3) is 0 Å². The molecule has 0 atom stereocenters. The molecule has 1 amide bonds. The minimum Gasteiger partial charge on any atom is -0.314 e. The molecule has 134 valence electrons. The van der Waals surface area contributed by atoms with E-state index in [9.17, 15) is 17.6 Å². The summed E-state index contributed by atoms with van der Waals surface area (Å²) >= 11 is 0. The van der Waals surface area contributed by atoms with Gasteiger partial charge < -0.3 is 4.90 Å². The fourth-order valence-electron chi connectivity index (χ4n) is 2.36. The van der Waals surface area contributed by atoms with Gasteiger partial charge in [-0.2, -0.15) is 4.31 Å². The topological polar surface area (TPSA) is 57.7 Å². The molecular weight excluding hydrogens is 343 g/mol. The van der Waals surface area contributed by atoms with Gasteiger partial charge in [-0.25, -0.2) is 12.8 Å². The fourth-order valence-corrected chi connectivity index (χ4v) is 3.13. The number of carbonyl (C=O) groups is 1. The molecule has 0 saturated heterocycles. The van der Waals surface area contributed by atoms with Crippen molar-refractivity contribution in [2.45, 2.75) is 6.42 Å². The van der Waals surface area contributed by atoms with Crippen molar-refractivity contribution >= 4 is 21.6 Å². The molecule has 7 heteroatoms. The second kappa shape index (κ2) is 8.22. The Hall–Kier alpha value is -2.25.